The maximum Gasteiger partial charge on any atom is 0.216 e. The molecular weight excluding hydrogens is 476 g/mol. The van der Waals surface area contributed by atoms with E-state index in [4.69, 9.17) is 32.7 Å². The Bertz CT molecular complexity index is 1300. The monoisotopic (exact) mass is 491 g/mol. The van der Waals surface area contributed by atoms with E-state index in [1.54, 1.807) is 18.2 Å². The van der Waals surface area contributed by atoms with Gasteiger partial charge in [-0.15, -0.1) is 0 Å². The van der Waals surface area contributed by atoms with Crippen molar-refractivity contribution in [2.45, 2.75) is 11.5 Å². The molecule has 0 atom stereocenters. The summed E-state index contributed by atoms with van der Waals surface area (Å²) in [6.07, 6.45) is 1.23. The number of sulfone groups is 1. The van der Waals surface area contributed by atoms with Gasteiger partial charge in [0.25, 0.3) is 0 Å². The summed E-state index contributed by atoms with van der Waals surface area (Å²) in [5.74, 6) is 0.0671. The van der Waals surface area contributed by atoms with Gasteiger partial charge < -0.3 is 9.47 Å². The highest BCUT2D eigenvalue weighted by Gasteiger charge is 2.21. The second-order valence-electron chi connectivity index (χ2n) is 6.48. The first-order valence-corrected chi connectivity index (χ1v) is 11.4. The van der Waals surface area contributed by atoms with E-state index in [0.717, 1.165) is 0 Å². The quantitative estimate of drug-likeness (QED) is 0.375. The van der Waals surface area contributed by atoms with Crippen LogP contribution >= 0.6 is 23.2 Å². The van der Waals surface area contributed by atoms with Crippen molar-refractivity contribution in [1.29, 1.82) is 5.26 Å². The van der Waals surface area contributed by atoms with Crippen LogP contribution in [0.5, 0.6) is 11.5 Å². The van der Waals surface area contributed by atoms with Gasteiger partial charge in [0, 0.05) is 10.6 Å². The number of rotatable bonds is 7. The van der Waals surface area contributed by atoms with Gasteiger partial charge in [-0.25, -0.2) is 12.8 Å². The molecule has 3 rings (SSSR count). The molecule has 0 bridgehead atoms. The minimum atomic E-state index is -4.04. The molecule has 5 nitrogen and oxygen atoms in total. The maximum atomic E-state index is 14.0. The molecule has 0 fully saturated rings. The van der Waals surface area contributed by atoms with Gasteiger partial charge in [0.1, 0.15) is 23.4 Å². The summed E-state index contributed by atoms with van der Waals surface area (Å²) in [5.41, 5.74) is 0.591. The summed E-state index contributed by atoms with van der Waals surface area (Å²) in [6, 6.07) is 16.2. The molecule has 164 valence electrons. The highest BCUT2D eigenvalue weighted by molar-refractivity contribution is 7.95. The lowest BCUT2D eigenvalue weighted by Crippen LogP contribution is -2.03. The number of nitriles is 1. The van der Waals surface area contributed by atoms with E-state index in [-0.39, 0.29) is 27.8 Å². The number of allylic oxidation sites excluding steroid dienone is 1. The van der Waals surface area contributed by atoms with Crippen LogP contribution in [-0.2, 0) is 16.4 Å². The Kier molecular flexibility index (Phi) is 7.41. The summed E-state index contributed by atoms with van der Waals surface area (Å²) < 4.78 is 50.5. The van der Waals surface area contributed by atoms with Gasteiger partial charge in [0.05, 0.1) is 17.0 Å². The van der Waals surface area contributed by atoms with Gasteiger partial charge in [-0.2, -0.15) is 5.26 Å². The Morgan fingerprint density at radius 3 is 2.44 bits per heavy atom. The Labute approximate surface area is 195 Å². The smallest absolute Gasteiger partial charge is 0.216 e. The second-order valence-corrected chi connectivity index (χ2v) is 9.24. The summed E-state index contributed by atoms with van der Waals surface area (Å²) >= 11 is 11.8. The number of hydrogen-bond acceptors (Lipinski definition) is 5. The minimum absolute atomic E-state index is 0.0524. The highest BCUT2D eigenvalue weighted by atomic mass is 35.5. The van der Waals surface area contributed by atoms with Crippen LogP contribution in [0.2, 0.25) is 10.0 Å². The SMILES string of the molecule is COc1cc(C=C(C#N)S(=O)(=O)c2ccc(Cl)cc2)ccc1OCc1c(F)cccc1Cl. The fraction of sp³-hybridized carbons (Fsp3) is 0.0870. The third-order valence-electron chi connectivity index (χ3n) is 4.44. The second kappa shape index (κ2) is 10.0. The number of benzene rings is 3. The largest absolute Gasteiger partial charge is 0.493 e. The summed E-state index contributed by atoms with van der Waals surface area (Å²) in [4.78, 5) is -0.503. The van der Waals surface area contributed by atoms with Crippen molar-refractivity contribution < 1.29 is 22.3 Å². The molecule has 0 saturated carbocycles. The molecule has 3 aromatic carbocycles. The van der Waals surface area contributed by atoms with Crippen molar-refractivity contribution in [2.75, 3.05) is 7.11 Å². The number of methoxy groups -OCH3 is 1. The number of ether oxygens (including phenoxy) is 2. The van der Waals surface area contributed by atoms with Crippen LogP contribution in [-0.4, -0.2) is 15.5 Å². The van der Waals surface area contributed by atoms with Crippen LogP contribution in [0.25, 0.3) is 6.08 Å². The molecule has 0 amide bonds. The topological polar surface area (TPSA) is 76.4 Å². The number of hydrogen-bond donors (Lipinski definition) is 0. The lowest BCUT2D eigenvalue weighted by atomic mass is 10.2. The molecule has 0 aliphatic heterocycles. The Morgan fingerprint density at radius 1 is 1.09 bits per heavy atom. The zero-order valence-corrected chi connectivity index (χ0v) is 19.0. The molecule has 0 unspecified atom stereocenters. The van der Waals surface area contributed by atoms with E-state index < -0.39 is 20.6 Å². The van der Waals surface area contributed by atoms with Crippen LogP contribution in [0.1, 0.15) is 11.1 Å². The predicted octanol–water partition coefficient (Wildman–Crippen LogP) is 6.06. The molecule has 0 aliphatic rings. The van der Waals surface area contributed by atoms with Crippen LogP contribution in [0.3, 0.4) is 0 Å². The van der Waals surface area contributed by atoms with Crippen LogP contribution in [0.15, 0.2) is 70.5 Å². The molecule has 3 aromatic rings. The van der Waals surface area contributed by atoms with Crippen molar-refractivity contribution in [3.8, 4) is 17.6 Å². The molecule has 0 spiro atoms. The van der Waals surface area contributed by atoms with Crippen molar-refractivity contribution in [2.24, 2.45) is 0 Å². The van der Waals surface area contributed by atoms with Crippen molar-refractivity contribution in [3.63, 3.8) is 0 Å². The zero-order chi connectivity index (χ0) is 23.3. The van der Waals surface area contributed by atoms with Gasteiger partial charge in [-0.3, -0.25) is 0 Å². The van der Waals surface area contributed by atoms with E-state index in [9.17, 15) is 18.1 Å². The maximum absolute atomic E-state index is 14.0. The standard InChI is InChI=1S/C23H16Cl2FNO4S/c1-30-23-12-15(5-10-22(23)31-14-19-20(25)3-2-4-21(19)26)11-18(13-27)32(28,29)17-8-6-16(24)7-9-17/h2-12H,14H2,1H3. The predicted molar refractivity (Wildman–Crippen MR) is 121 cm³/mol. The van der Waals surface area contributed by atoms with Gasteiger partial charge >= 0.3 is 0 Å². The fourth-order valence-electron chi connectivity index (χ4n) is 2.78. The Hall–Kier alpha value is -3.05. The molecule has 0 saturated heterocycles. The lowest BCUT2D eigenvalue weighted by Gasteiger charge is -2.13. The average Bonchev–Trinajstić information content (AvgIpc) is 2.77. The normalized spacial score (nSPS) is 11.7. The molecule has 0 N–H and O–H groups in total. The van der Waals surface area contributed by atoms with Crippen molar-refractivity contribution >= 4 is 39.1 Å². The lowest BCUT2D eigenvalue weighted by molar-refractivity contribution is 0.280. The Balaban J connectivity index is 1.89. The van der Waals surface area contributed by atoms with Crippen molar-refractivity contribution in [3.05, 3.63) is 92.6 Å². The number of halogens is 3. The van der Waals surface area contributed by atoms with Gasteiger partial charge in [-0.05, 0) is 60.2 Å². The summed E-state index contributed by atoms with van der Waals surface area (Å²) in [7, 11) is -2.63. The molecule has 32 heavy (non-hydrogen) atoms. The van der Waals surface area contributed by atoms with Gasteiger partial charge in [0.15, 0.2) is 11.5 Å². The zero-order valence-electron chi connectivity index (χ0n) is 16.7. The Morgan fingerprint density at radius 2 is 1.81 bits per heavy atom. The average molecular weight is 492 g/mol. The van der Waals surface area contributed by atoms with Crippen molar-refractivity contribution in [1.82, 2.24) is 0 Å². The summed E-state index contributed by atoms with van der Waals surface area (Å²) in [6.45, 7) is -0.133. The fourth-order valence-corrected chi connectivity index (χ4v) is 4.28. The molecule has 0 radical (unpaired) electrons. The summed E-state index contributed by atoms with van der Waals surface area (Å²) in [5, 5.41) is 10.1. The first-order valence-electron chi connectivity index (χ1n) is 9.12. The van der Waals surface area contributed by atoms with Crippen LogP contribution < -0.4 is 9.47 Å². The molecule has 0 aliphatic carbocycles. The van der Waals surface area contributed by atoms with E-state index in [1.807, 2.05) is 0 Å². The number of nitrogens with zero attached hydrogens (tertiary/aromatic N) is 1. The van der Waals surface area contributed by atoms with Crippen LogP contribution in [0, 0.1) is 17.1 Å². The van der Waals surface area contributed by atoms with Gasteiger partial charge in [0.2, 0.25) is 9.84 Å². The third-order valence-corrected chi connectivity index (χ3v) is 6.73. The molecule has 0 aromatic heterocycles. The van der Waals surface area contributed by atoms with E-state index in [2.05, 4.69) is 0 Å². The minimum Gasteiger partial charge on any atom is -0.493 e. The third kappa shape index (κ3) is 5.22. The van der Waals surface area contributed by atoms with E-state index in [1.165, 1.54) is 61.7 Å². The van der Waals surface area contributed by atoms with Gasteiger partial charge in [-0.1, -0.05) is 35.3 Å². The first-order chi connectivity index (χ1) is 15.3. The first kappa shape index (κ1) is 23.6. The molecule has 0 heterocycles. The molecular formula is C23H16Cl2FNO4S. The van der Waals surface area contributed by atoms with Crippen LogP contribution in [0.4, 0.5) is 4.39 Å². The van der Waals surface area contributed by atoms with E-state index >= 15 is 0 Å². The molecule has 9 heteroatoms. The highest BCUT2D eigenvalue weighted by Crippen LogP contribution is 2.32. The van der Waals surface area contributed by atoms with E-state index in [0.29, 0.717) is 16.3 Å².